The van der Waals surface area contributed by atoms with E-state index in [1.165, 1.54) is 24.3 Å². The molecule has 0 aliphatic heterocycles. The number of hydrogen-bond acceptors (Lipinski definition) is 3. The Morgan fingerprint density at radius 3 is 2.00 bits per heavy atom. The van der Waals surface area contributed by atoms with E-state index in [0.717, 1.165) is 5.39 Å². The summed E-state index contributed by atoms with van der Waals surface area (Å²) in [5.41, 5.74) is 0.836. The number of carbonyl (C=O) groups excluding carboxylic acids is 2. The molecule has 0 unspecified atom stereocenters. The average molecular weight is 252 g/mol. The van der Waals surface area contributed by atoms with Crippen molar-refractivity contribution >= 4 is 28.3 Å². The van der Waals surface area contributed by atoms with Gasteiger partial charge in [0.2, 0.25) is 0 Å². The fourth-order valence-electron chi connectivity index (χ4n) is 2.17. The summed E-state index contributed by atoms with van der Waals surface area (Å²) in [6.07, 6.45) is 2.49. The summed E-state index contributed by atoms with van der Waals surface area (Å²) in [4.78, 5) is 34.4. The van der Waals surface area contributed by atoms with Crippen molar-refractivity contribution in [3.05, 3.63) is 59.2 Å². The Morgan fingerprint density at radius 2 is 1.42 bits per heavy atom. The van der Waals surface area contributed by atoms with Crippen LogP contribution in [0.25, 0.3) is 10.8 Å². The molecule has 92 valence electrons. The third-order valence-corrected chi connectivity index (χ3v) is 3.14. The summed E-state index contributed by atoms with van der Waals surface area (Å²) in [6, 6.07) is 7.80. The van der Waals surface area contributed by atoms with Gasteiger partial charge in [0, 0.05) is 11.1 Å². The highest BCUT2D eigenvalue weighted by molar-refractivity contribution is 6.23. The highest BCUT2D eigenvalue weighted by Crippen LogP contribution is 2.25. The molecule has 0 fully saturated rings. The first-order valence-electron chi connectivity index (χ1n) is 5.64. The lowest BCUT2D eigenvalue weighted by Crippen LogP contribution is -2.11. The predicted molar refractivity (Wildman–Crippen MR) is 68.7 cm³/mol. The highest BCUT2D eigenvalue weighted by Gasteiger charge is 2.19. The zero-order valence-corrected chi connectivity index (χ0v) is 9.71. The van der Waals surface area contributed by atoms with Crippen molar-refractivity contribution in [3.63, 3.8) is 0 Å². The second-order valence-corrected chi connectivity index (χ2v) is 4.33. The number of aromatic carboxylic acids is 1. The summed E-state index contributed by atoms with van der Waals surface area (Å²) in [5.74, 6) is -1.47. The maximum absolute atomic E-state index is 11.7. The van der Waals surface area contributed by atoms with Crippen LogP contribution in [0.5, 0.6) is 0 Å². The minimum atomic E-state index is -1.03. The summed E-state index contributed by atoms with van der Waals surface area (Å²) in [6.45, 7) is 0. The Hall–Kier alpha value is -2.75. The van der Waals surface area contributed by atoms with Gasteiger partial charge in [0.25, 0.3) is 0 Å². The van der Waals surface area contributed by atoms with E-state index < -0.39 is 5.97 Å². The predicted octanol–water partition coefficient (Wildman–Crippen LogP) is 2.47. The largest absolute Gasteiger partial charge is 0.478 e. The van der Waals surface area contributed by atoms with Crippen molar-refractivity contribution in [2.45, 2.75) is 0 Å². The maximum atomic E-state index is 11.7. The van der Waals surface area contributed by atoms with E-state index in [0.29, 0.717) is 16.5 Å². The van der Waals surface area contributed by atoms with E-state index in [4.69, 9.17) is 5.11 Å². The van der Waals surface area contributed by atoms with Crippen molar-refractivity contribution in [1.29, 1.82) is 0 Å². The molecule has 0 bridgehead atoms. The topological polar surface area (TPSA) is 71.4 Å². The zero-order valence-electron chi connectivity index (χ0n) is 9.71. The number of ketones is 2. The fourth-order valence-corrected chi connectivity index (χ4v) is 2.17. The lowest BCUT2D eigenvalue weighted by atomic mass is 9.91. The Kier molecular flexibility index (Phi) is 2.32. The monoisotopic (exact) mass is 252 g/mol. The Bertz CT molecular complexity index is 784. The van der Waals surface area contributed by atoms with E-state index >= 15 is 0 Å². The molecule has 0 saturated heterocycles. The van der Waals surface area contributed by atoms with Gasteiger partial charge in [0.1, 0.15) is 0 Å². The minimum Gasteiger partial charge on any atom is -0.478 e. The molecular weight excluding hydrogens is 244 g/mol. The van der Waals surface area contributed by atoms with Crippen molar-refractivity contribution in [1.82, 2.24) is 0 Å². The van der Waals surface area contributed by atoms with Gasteiger partial charge in [-0.15, -0.1) is 0 Å². The quantitative estimate of drug-likeness (QED) is 0.846. The van der Waals surface area contributed by atoms with Gasteiger partial charge in [-0.3, -0.25) is 9.59 Å². The Labute approximate surface area is 108 Å². The fraction of sp³-hybridized carbons (Fsp3) is 0. The molecule has 1 aliphatic rings. The second-order valence-electron chi connectivity index (χ2n) is 4.33. The Balaban J connectivity index is 2.31. The van der Waals surface area contributed by atoms with E-state index in [1.54, 1.807) is 18.2 Å². The van der Waals surface area contributed by atoms with Gasteiger partial charge in [-0.2, -0.15) is 0 Å². The van der Waals surface area contributed by atoms with Gasteiger partial charge in [0.05, 0.1) is 5.56 Å². The molecule has 0 atom stereocenters. The van der Waals surface area contributed by atoms with Crippen LogP contribution >= 0.6 is 0 Å². The SMILES string of the molecule is O=C(O)c1ccc2cc3c(cc2c1)C(=O)C=CC3=O. The first-order valence-corrected chi connectivity index (χ1v) is 5.64. The maximum Gasteiger partial charge on any atom is 0.335 e. The molecule has 0 radical (unpaired) electrons. The summed E-state index contributed by atoms with van der Waals surface area (Å²) in [7, 11) is 0. The van der Waals surface area contributed by atoms with Crippen LogP contribution in [0.15, 0.2) is 42.5 Å². The van der Waals surface area contributed by atoms with Crippen molar-refractivity contribution in [2.24, 2.45) is 0 Å². The summed E-state index contributed by atoms with van der Waals surface area (Å²) in [5, 5.41) is 10.3. The van der Waals surface area contributed by atoms with Crippen LogP contribution < -0.4 is 0 Å². The molecular formula is C15H8O4. The third-order valence-electron chi connectivity index (χ3n) is 3.14. The molecule has 1 aliphatic carbocycles. The van der Waals surface area contributed by atoms with Gasteiger partial charge in [0.15, 0.2) is 11.6 Å². The number of rotatable bonds is 1. The minimum absolute atomic E-state index is 0.151. The lowest BCUT2D eigenvalue weighted by molar-refractivity contribution is 0.0696. The van der Waals surface area contributed by atoms with Gasteiger partial charge < -0.3 is 5.11 Å². The number of benzene rings is 2. The smallest absolute Gasteiger partial charge is 0.335 e. The number of carboxylic acids is 1. The van der Waals surface area contributed by atoms with E-state index in [-0.39, 0.29) is 17.1 Å². The van der Waals surface area contributed by atoms with E-state index in [9.17, 15) is 14.4 Å². The van der Waals surface area contributed by atoms with E-state index in [1.807, 2.05) is 0 Å². The molecule has 19 heavy (non-hydrogen) atoms. The zero-order chi connectivity index (χ0) is 13.6. The average Bonchev–Trinajstić information content (AvgIpc) is 2.41. The number of fused-ring (bicyclic) bond motifs is 2. The second kappa shape index (κ2) is 3.88. The van der Waals surface area contributed by atoms with Gasteiger partial charge in [-0.25, -0.2) is 4.79 Å². The van der Waals surface area contributed by atoms with Crippen LogP contribution in [-0.2, 0) is 0 Å². The van der Waals surface area contributed by atoms with Crippen molar-refractivity contribution in [2.75, 3.05) is 0 Å². The molecule has 4 heteroatoms. The summed E-state index contributed by atoms with van der Waals surface area (Å²) < 4.78 is 0. The van der Waals surface area contributed by atoms with Crippen LogP contribution in [0.2, 0.25) is 0 Å². The molecule has 0 aromatic heterocycles. The van der Waals surface area contributed by atoms with Crippen molar-refractivity contribution < 1.29 is 19.5 Å². The van der Waals surface area contributed by atoms with Gasteiger partial charge in [-0.1, -0.05) is 6.07 Å². The standard InChI is InChI=1S/C15H8O4/c16-13-3-4-14(17)12-7-10-5-9(15(18)19)2-1-8(10)6-11(12)13/h1-7H,(H,18,19). The molecule has 2 aromatic carbocycles. The van der Waals surface area contributed by atoms with E-state index in [2.05, 4.69) is 0 Å². The number of carboxylic acid groups (broad SMARTS) is 1. The third kappa shape index (κ3) is 1.74. The molecule has 0 spiro atoms. The first kappa shape index (κ1) is 11.3. The molecule has 0 heterocycles. The molecule has 3 rings (SSSR count). The van der Waals surface area contributed by atoms with Gasteiger partial charge in [-0.05, 0) is 47.2 Å². The van der Waals surface area contributed by atoms with Gasteiger partial charge >= 0.3 is 5.97 Å². The van der Waals surface area contributed by atoms with Crippen LogP contribution in [0.3, 0.4) is 0 Å². The lowest BCUT2D eigenvalue weighted by Gasteiger charge is -2.10. The number of allylic oxidation sites excluding steroid dienone is 2. The van der Waals surface area contributed by atoms with Crippen LogP contribution in [-0.4, -0.2) is 22.6 Å². The molecule has 0 amide bonds. The number of carbonyl (C=O) groups is 3. The first-order chi connectivity index (χ1) is 9.06. The summed E-state index contributed by atoms with van der Waals surface area (Å²) >= 11 is 0. The van der Waals surface area contributed by atoms with Crippen LogP contribution in [0.1, 0.15) is 31.1 Å². The van der Waals surface area contributed by atoms with Crippen LogP contribution in [0.4, 0.5) is 0 Å². The molecule has 4 nitrogen and oxygen atoms in total. The normalized spacial score (nSPS) is 13.7. The molecule has 1 N–H and O–H groups in total. The highest BCUT2D eigenvalue weighted by atomic mass is 16.4. The van der Waals surface area contributed by atoms with Crippen LogP contribution in [0, 0.1) is 0 Å². The molecule has 2 aromatic rings. The Morgan fingerprint density at radius 1 is 0.842 bits per heavy atom. The number of hydrogen-bond donors (Lipinski definition) is 1. The molecule has 0 saturated carbocycles. The van der Waals surface area contributed by atoms with Crippen molar-refractivity contribution in [3.8, 4) is 0 Å².